The van der Waals surface area contributed by atoms with Crippen molar-refractivity contribution in [2.75, 3.05) is 0 Å². The Morgan fingerprint density at radius 3 is 1.59 bits per heavy atom. The highest BCUT2D eigenvalue weighted by Gasteiger charge is 2.31. The normalized spacial score (nSPS) is 13.2. The van der Waals surface area contributed by atoms with Crippen LogP contribution in [0.3, 0.4) is 0 Å². The van der Waals surface area contributed by atoms with Crippen LogP contribution in [0.15, 0.2) is 0 Å². The molecule has 9 nitrogen and oxygen atoms in total. The Hall–Kier alpha value is -1.44. The summed E-state index contributed by atoms with van der Waals surface area (Å²) in [4.78, 5) is 45.3. The summed E-state index contributed by atoms with van der Waals surface area (Å²) in [5.41, 5.74) is 0. The van der Waals surface area contributed by atoms with E-state index in [0.29, 0.717) is 0 Å². The zero-order valence-corrected chi connectivity index (χ0v) is 9.73. The molecule has 0 aliphatic rings. The molecule has 0 aromatic rings. The standard InChI is InChI=1S/C7H10O6.H3O3P/c1-3(6(10)11)4(7(12)13)2-5(8)9;1-4(2)3/h3-4H,2H2,1H3,(H,8,9)(H,10,11)(H,12,13);4H,(H2,1,2,3). The summed E-state index contributed by atoms with van der Waals surface area (Å²) < 4.78 is 8.74. The number of rotatable bonds is 5. The summed E-state index contributed by atoms with van der Waals surface area (Å²) >= 11 is 0. The fourth-order valence-electron chi connectivity index (χ4n) is 0.838. The van der Waals surface area contributed by atoms with E-state index in [0.717, 1.165) is 0 Å². The first-order valence-electron chi connectivity index (χ1n) is 4.18. The molecule has 2 atom stereocenters. The highest BCUT2D eigenvalue weighted by molar-refractivity contribution is 7.30. The summed E-state index contributed by atoms with van der Waals surface area (Å²) in [5, 5.41) is 25.3. The summed E-state index contributed by atoms with van der Waals surface area (Å²) in [7, 11) is -3.13. The van der Waals surface area contributed by atoms with Crippen LogP contribution < -0.4 is 0 Å². The van der Waals surface area contributed by atoms with E-state index in [4.69, 9.17) is 29.7 Å². The van der Waals surface area contributed by atoms with Crippen molar-refractivity contribution in [3.8, 4) is 0 Å². The number of carboxylic acid groups (broad SMARTS) is 3. The number of hydrogen-bond acceptors (Lipinski definition) is 4. The maximum absolute atomic E-state index is 10.5. The van der Waals surface area contributed by atoms with Gasteiger partial charge in [-0.1, -0.05) is 6.92 Å². The van der Waals surface area contributed by atoms with Crippen molar-refractivity contribution in [2.45, 2.75) is 13.3 Å². The Morgan fingerprint density at radius 2 is 1.41 bits per heavy atom. The molecule has 0 aliphatic carbocycles. The number of carboxylic acids is 3. The Bertz CT molecular complexity index is 308. The highest BCUT2D eigenvalue weighted by atomic mass is 31.1. The lowest BCUT2D eigenvalue weighted by Crippen LogP contribution is -2.29. The molecule has 0 radical (unpaired) electrons. The monoisotopic (exact) mass is 272 g/mol. The van der Waals surface area contributed by atoms with Crippen molar-refractivity contribution in [2.24, 2.45) is 11.8 Å². The van der Waals surface area contributed by atoms with Gasteiger partial charge in [0, 0.05) is 0 Å². The van der Waals surface area contributed by atoms with Gasteiger partial charge >= 0.3 is 26.2 Å². The Kier molecular flexibility index (Phi) is 9.16. The van der Waals surface area contributed by atoms with Gasteiger partial charge in [-0.3, -0.25) is 18.9 Å². The first-order valence-corrected chi connectivity index (χ1v) is 5.49. The van der Waals surface area contributed by atoms with Crippen LogP contribution in [0, 0.1) is 11.8 Å². The van der Waals surface area contributed by atoms with E-state index >= 15 is 0 Å². The SMILES string of the molecule is CC(C(=O)O)C(CC(=O)O)C(=O)O.O=[PH](O)O. The maximum Gasteiger partial charge on any atom is 0.314 e. The van der Waals surface area contributed by atoms with E-state index in [9.17, 15) is 14.4 Å². The first kappa shape index (κ1) is 17.9. The zero-order chi connectivity index (χ0) is 14.2. The molecular weight excluding hydrogens is 259 g/mol. The van der Waals surface area contributed by atoms with Crippen LogP contribution >= 0.6 is 8.25 Å². The Labute approximate surface area is 96.3 Å². The third kappa shape index (κ3) is 10.8. The van der Waals surface area contributed by atoms with Crippen molar-refractivity contribution in [3.05, 3.63) is 0 Å². The third-order valence-electron chi connectivity index (χ3n) is 1.70. The topological polar surface area (TPSA) is 169 Å². The van der Waals surface area contributed by atoms with Gasteiger partial charge in [-0.25, -0.2) is 0 Å². The second-order valence-electron chi connectivity index (χ2n) is 2.95. The minimum atomic E-state index is -3.13. The van der Waals surface area contributed by atoms with Crippen molar-refractivity contribution in [3.63, 3.8) is 0 Å². The Balaban J connectivity index is 0. The fourth-order valence-corrected chi connectivity index (χ4v) is 0.838. The van der Waals surface area contributed by atoms with Gasteiger partial charge in [-0.15, -0.1) is 0 Å². The molecule has 0 aliphatic heterocycles. The summed E-state index contributed by atoms with van der Waals surface area (Å²) in [5.74, 6) is -6.62. The van der Waals surface area contributed by atoms with Crippen LogP contribution in [-0.4, -0.2) is 43.0 Å². The molecule has 0 aromatic heterocycles. The second kappa shape index (κ2) is 8.68. The minimum Gasteiger partial charge on any atom is -0.481 e. The van der Waals surface area contributed by atoms with E-state index in [1.165, 1.54) is 6.92 Å². The predicted molar refractivity (Wildman–Crippen MR) is 53.6 cm³/mol. The average Bonchev–Trinajstić information content (AvgIpc) is 2.11. The van der Waals surface area contributed by atoms with Gasteiger partial charge in [0.25, 0.3) is 0 Å². The molecule has 0 amide bonds. The lowest BCUT2D eigenvalue weighted by Gasteiger charge is -2.13. The summed E-state index contributed by atoms with van der Waals surface area (Å²) in [6.45, 7) is 1.17. The van der Waals surface area contributed by atoms with Crippen LogP contribution in [-0.2, 0) is 18.9 Å². The van der Waals surface area contributed by atoms with Crippen LogP contribution in [0.2, 0.25) is 0 Å². The molecule has 10 heteroatoms. The number of aliphatic carboxylic acids is 3. The van der Waals surface area contributed by atoms with E-state index in [-0.39, 0.29) is 0 Å². The van der Waals surface area contributed by atoms with Gasteiger partial charge < -0.3 is 25.1 Å². The van der Waals surface area contributed by atoms with E-state index in [2.05, 4.69) is 0 Å². The average molecular weight is 272 g/mol. The highest BCUT2D eigenvalue weighted by Crippen LogP contribution is 2.16. The van der Waals surface area contributed by atoms with Gasteiger partial charge in [0.1, 0.15) is 0 Å². The maximum atomic E-state index is 10.5. The lowest BCUT2D eigenvalue weighted by atomic mass is 9.91. The van der Waals surface area contributed by atoms with Gasteiger partial charge in [0.2, 0.25) is 0 Å². The smallest absolute Gasteiger partial charge is 0.314 e. The van der Waals surface area contributed by atoms with Crippen LogP contribution in [0.25, 0.3) is 0 Å². The molecule has 5 N–H and O–H groups in total. The molecule has 100 valence electrons. The Morgan fingerprint density at radius 1 is 1.06 bits per heavy atom. The molecule has 2 unspecified atom stereocenters. The van der Waals surface area contributed by atoms with E-state index in [1.54, 1.807) is 0 Å². The van der Waals surface area contributed by atoms with Crippen LogP contribution in [0.1, 0.15) is 13.3 Å². The molecule has 17 heavy (non-hydrogen) atoms. The van der Waals surface area contributed by atoms with Crippen LogP contribution in [0.5, 0.6) is 0 Å². The van der Waals surface area contributed by atoms with Crippen molar-refractivity contribution >= 4 is 26.2 Å². The summed E-state index contributed by atoms with van der Waals surface area (Å²) in [6.07, 6.45) is -0.678. The quantitative estimate of drug-likeness (QED) is 0.403. The first-order chi connectivity index (χ1) is 7.59. The fraction of sp³-hybridized carbons (Fsp3) is 0.571. The molecule has 0 saturated heterocycles. The van der Waals surface area contributed by atoms with Crippen molar-refractivity contribution in [1.29, 1.82) is 0 Å². The lowest BCUT2D eigenvalue weighted by molar-refractivity contribution is -0.156. The molecule has 0 heterocycles. The molecule has 0 saturated carbocycles. The molecule has 0 bridgehead atoms. The molecule has 0 spiro atoms. The van der Waals surface area contributed by atoms with Crippen LogP contribution in [0.4, 0.5) is 0 Å². The second-order valence-corrected chi connectivity index (χ2v) is 3.52. The van der Waals surface area contributed by atoms with Gasteiger partial charge in [-0.2, -0.15) is 0 Å². The largest absolute Gasteiger partial charge is 0.481 e. The van der Waals surface area contributed by atoms with Crippen molar-refractivity contribution < 1.29 is 44.1 Å². The third-order valence-corrected chi connectivity index (χ3v) is 1.70. The van der Waals surface area contributed by atoms with E-state index in [1.807, 2.05) is 0 Å². The van der Waals surface area contributed by atoms with E-state index < -0.39 is 44.4 Å². The van der Waals surface area contributed by atoms with Gasteiger partial charge in [0.05, 0.1) is 18.3 Å². The predicted octanol–water partition coefficient (Wildman–Crippen LogP) is -0.757. The molecular formula is C7H13O9P. The molecule has 0 fully saturated rings. The molecule has 0 rings (SSSR count). The van der Waals surface area contributed by atoms with Gasteiger partial charge in [0.15, 0.2) is 0 Å². The number of carbonyl (C=O) groups is 3. The number of hydrogen-bond donors (Lipinski definition) is 5. The minimum absolute atomic E-state index is 0.678. The zero-order valence-electron chi connectivity index (χ0n) is 8.73. The van der Waals surface area contributed by atoms with Gasteiger partial charge in [-0.05, 0) is 0 Å². The van der Waals surface area contributed by atoms with Crippen molar-refractivity contribution in [1.82, 2.24) is 0 Å². The summed E-state index contributed by atoms with van der Waals surface area (Å²) in [6, 6.07) is 0. The molecule has 0 aromatic carbocycles.